The van der Waals surface area contributed by atoms with Crippen molar-refractivity contribution in [2.75, 3.05) is 39.7 Å². The molecule has 1 aliphatic heterocycles. The fourth-order valence-electron chi connectivity index (χ4n) is 4.01. The molecule has 2 aromatic carbocycles. The Morgan fingerprint density at radius 1 is 1.00 bits per heavy atom. The monoisotopic (exact) mass is 440 g/mol. The van der Waals surface area contributed by atoms with Gasteiger partial charge in [-0.3, -0.25) is 9.69 Å². The molecule has 0 aromatic heterocycles. The Kier molecular flexibility index (Phi) is 8.50. The summed E-state index contributed by atoms with van der Waals surface area (Å²) < 4.78 is 15.3. The normalized spacial score (nSPS) is 14.6. The molecule has 1 fully saturated rings. The van der Waals surface area contributed by atoms with E-state index < -0.39 is 0 Å². The lowest BCUT2D eigenvalue weighted by Gasteiger charge is -2.32. The molecule has 0 atom stereocenters. The maximum atomic E-state index is 12.4. The number of hydrogen-bond donors (Lipinski definition) is 1. The molecule has 172 valence electrons. The number of likely N-dealkylation sites (tertiary alicyclic amines) is 1. The third-order valence-electron chi connectivity index (χ3n) is 5.95. The highest BCUT2D eigenvalue weighted by Gasteiger charge is 2.20. The summed E-state index contributed by atoms with van der Waals surface area (Å²) in [5, 5.41) is 2.95. The van der Waals surface area contributed by atoms with Gasteiger partial charge in [0.15, 0.2) is 0 Å². The number of esters is 1. The number of hydrogen-bond acceptors (Lipinski definition) is 6. The van der Waals surface area contributed by atoms with Crippen molar-refractivity contribution in [1.82, 2.24) is 4.90 Å². The molecule has 3 rings (SSSR count). The van der Waals surface area contributed by atoms with E-state index >= 15 is 0 Å². The molecule has 1 aliphatic rings. The van der Waals surface area contributed by atoms with Crippen molar-refractivity contribution in [3.63, 3.8) is 0 Å². The third kappa shape index (κ3) is 6.47. The standard InChI is InChI=1S/C25H32N2O5/c1-30-21-9-10-22(23(16-21)31-2)26-24(28)11-6-18-12-14-27(15-13-18)17-19-4-7-20(8-5-19)25(29)32-3/h4-5,7-10,16,18H,6,11-15,17H2,1-3H3,(H,26,28). The number of carbonyl (C=O) groups excluding carboxylic acids is 2. The molecular formula is C25H32N2O5. The molecule has 0 unspecified atom stereocenters. The smallest absolute Gasteiger partial charge is 0.337 e. The Morgan fingerprint density at radius 2 is 1.72 bits per heavy atom. The van der Waals surface area contributed by atoms with Crippen LogP contribution in [0.15, 0.2) is 42.5 Å². The fraction of sp³-hybridized carbons (Fsp3) is 0.440. The number of anilines is 1. The minimum atomic E-state index is -0.313. The fourth-order valence-corrected chi connectivity index (χ4v) is 4.01. The Morgan fingerprint density at radius 3 is 2.34 bits per heavy atom. The predicted molar refractivity (Wildman–Crippen MR) is 123 cm³/mol. The van der Waals surface area contributed by atoms with Crippen LogP contribution in [-0.2, 0) is 16.1 Å². The van der Waals surface area contributed by atoms with Crippen molar-refractivity contribution < 1.29 is 23.8 Å². The van der Waals surface area contributed by atoms with Gasteiger partial charge < -0.3 is 19.5 Å². The zero-order valence-corrected chi connectivity index (χ0v) is 19.1. The van der Waals surface area contributed by atoms with Gasteiger partial charge in [-0.15, -0.1) is 0 Å². The van der Waals surface area contributed by atoms with Crippen LogP contribution in [0, 0.1) is 5.92 Å². The number of carbonyl (C=O) groups is 2. The lowest BCUT2D eigenvalue weighted by Crippen LogP contribution is -2.33. The second kappa shape index (κ2) is 11.5. The summed E-state index contributed by atoms with van der Waals surface area (Å²) in [7, 11) is 4.56. The van der Waals surface area contributed by atoms with Crippen LogP contribution in [0.4, 0.5) is 5.69 Å². The molecule has 7 nitrogen and oxygen atoms in total. The lowest BCUT2D eigenvalue weighted by atomic mass is 9.92. The first kappa shape index (κ1) is 23.6. The molecule has 0 saturated carbocycles. The SMILES string of the molecule is COC(=O)c1ccc(CN2CCC(CCC(=O)Nc3ccc(OC)cc3OC)CC2)cc1. The molecule has 0 spiro atoms. The predicted octanol–water partition coefficient (Wildman–Crippen LogP) is 4.12. The highest BCUT2D eigenvalue weighted by atomic mass is 16.5. The van der Waals surface area contributed by atoms with Gasteiger partial charge in [-0.05, 0) is 68.1 Å². The lowest BCUT2D eigenvalue weighted by molar-refractivity contribution is -0.116. The summed E-state index contributed by atoms with van der Waals surface area (Å²) in [6, 6.07) is 12.9. The second-order valence-electron chi connectivity index (χ2n) is 8.06. The number of rotatable bonds is 9. The van der Waals surface area contributed by atoms with Crippen LogP contribution < -0.4 is 14.8 Å². The summed E-state index contributed by atoms with van der Waals surface area (Å²) >= 11 is 0. The van der Waals surface area contributed by atoms with Crippen LogP contribution in [0.1, 0.15) is 41.6 Å². The molecule has 2 aromatic rings. The molecule has 7 heteroatoms. The minimum Gasteiger partial charge on any atom is -0.497 e. The van der Waals surface area contributed by atoms with Crippen LogP contribution in [0.3, 0.4) is 0 Å². The van der Waals surface area contributed by atoms with E-state index in [4.69, 9.17) is 14.2 Å². The van der Waals surface area contributed by atoms with Crippen molar-refractivity contribution in [3.8, 4) is 11.5 Å². The first-order valence-corrected chi connectivity index (χ1v) is 10.9. The van der Waals surface area contributed by atoms with Crippen LogP contribution in [0.25, 0.3) is 0 Å². The molecule has 1 saturated heterocycles. The quantitative estimate of drug-likeness (QED) is 0.591. The molecule has 1 N–H and O–H groups in total. The van der Waals surface area contributed by atoms with E-state index in [0.717, 1.165) is 38.9 Å². The summed E-state index contributed by atoms with van der Waals surface area (Å²) in [6.45, 7) is 2.89. The number of nitrogens with zero attached hydrogens (tertiary/aromatic N) is 1. The zero-order chi connectivity index (χ0) is 22.9. The maximum absolute atomic E-state index is 12.4. The largest absolute Gasteiger partial charge is 0.497 e. The first-order valence-electron chi connectivity index (χ1n) is 10.9. The number of benzene rings is 2. The first-order chi connectivity index (χ1) is 15.5. The number of piperidine rings is 1. The molecular weight excluding hydrogens is 408 g/mol. The summed E-state index contributed by atoms with van der Waals surface area (Å²) in [6.07, 6.45) is 3.54. The van der Waals surface area contributed by atoms with Crippen LogP contribution >= 0.6 is 0 Å². The van der Waals surface area contributed by atoms with E-state index in [2.05, 4.69) is 10.2 Å². The van der Waals surface area contributed by atoms with Gasteiger partial charge in [-0.25, -0.2) is 4.79 Å². The van der Waals surface area contributed by atoms with Crippen molar-refractivity contribution in [2.24, 2.45) is 5.92 Å². The van der Waals surface area contributed by atoms with Crippen molar-refractivity contribution in [3.05, 3.63) is 53.6 Å². The topological polar surface area (TPSA) is 77.1 Å². The van der Waals surface area contributed by atoms with E-state index in [1.54, 1.807) is 32.4 Å². The number of amides is 1. The zero-order valence-electron chi connectivity index (χ0n) is 19.1. The van der Waals surface area contributed by atoms with Crippen LogP contribution in [0.5, 0.6) is 11.5 Å². The Labute approximate surface area is 189 Å². The highest BCUT2D eigenvalue weighted by Crippen LogP contribution is 2.29. The average Bonchev–Trinajstić information content (AvgIpc) is 2.83. The van der Waals surface area contributed by atoms with Crippen molar-refractivity contribution in [2.45, 2.75) is 32.2 Å². The molecule has 0 aliphatic carbocycles. The Balaban J connectivity index is 1.40. The number of ether oxygens (including phenoxy) is 3. The summed E-state index contributed by atoms with van der Waals surface area (Å²) in [5.74, 6) is 1.52. The molecule has 0 bridgehead atoms. The van der Waals surface area contributed by atoms with Crippen molar-refractivity contribution in [1.29, 1.82) is 0 Å². The maximum Gasteiger partial charge on any atom is 0.337 e. The van der Waals surface area contributed by atoms with Gasteiger partial charge in [-0.2, -0.15) is 0 Å². The molecule has 1 heterocycles. The van der Waals surface area contributed by atoms with Crippen LogP contribution in [-0.4, -0.2) is 51.2 Å². The van der Waals surface area contributed by atoms with E-state index in [-0.39, 0.29) is 11.9 Å². The highest BCUT2D eigenvalue weighted by molar-refractivity contribution is 5.92. The van der Waals surface area contributed by atoms with Crippen molar-refractivity contribution >= 4 is 17.6 Å². The van der Waals surface area contributed by atoms with E-state index in [0.29, 0.717) is 35.1 Å². The third-order valence-corrected chi connectivity index (χ3v) is 5.95. The second-order valence-corrected chi connectivity index (χ2v) is 8.06. The van der Waals surface area contributed by atoms with Gasteiger partial charge in [0.2, 0.25) is 5.91 Å². The van der Waals surface area contributed by atoms with E-state index in [9.17, 15) is 9.59 Å². The summed E-state index contributed by atoms with van der Waals surface area (Å²) in [4.78, 5) is 26.4. The van der Waals surface area contributed by atoms with E-state index in [1.165, 1.54) is 12.7 Å². The van der Waals surface area contributed by atoms with Gasteiger partial charge in [0.1, 0.15) is 11.5 Å². The van der Waals surface area contributed by atoms with Gasteiger partial charge >= 0.3 is 5.97 Å². The van der Waals surface area contributed by atoms with Gasteiger partial charge in [0.05, 0.1) is 32.6 Å². The molecule has 0 radical (unpaired) electrons. The van der Waals surface area contributed by atoms with Crippen LogP contribution in [0.2, 0.25) is 0 Å². The van der Waals surface area contributed by atoms with Gasteiger partial charge in [-0.1, -0.05) is 12.1 Å². The van der Waals surface area contributed by atoms with E-state index in [1.807, 2.05) is 24.3 Å². The molecule has 32 heavy (non-hydrogen) atoms. The number of methoxy groups -OCH3 is 3. The summed E-state index contributed by atoms with van der Waals surface area (Å²) in [5.41, 5.74) is 2.41. The Hall–Kier alpha value is -3.06. The Bertz CT molecular complexity index is 905. The average molecular weight is 441 g/mol. The minimum absolute atomic E-state index is 0.00147. The van der Waals surface area contributed by atoms with Gasteiger partial charge in [0.25, 0.3) is 0 Å². The molecule has 1 amide bonds. The number of nitrogens with one attached hydrogen (secondary N) is 1. The van der Waals surface area contributed by atoms with Gasteiger partial charge in [0, 0.05) is 19.0 Å².